The smallest absolute Gasteiger partial charge is 0.223 e. The molecule has 0 bridgehead atoms. The van der Waals surface area contributed by atoms with Gasteiger partial charge in [-0.3, -0.25) is 4.98 Å². The van der Waals surface area contributed by atoms with Gasteiger partial charge in [-0.15, -0.1) is 0 Å². The Kier molecular flexibility index (Phi) is 2.66. The first kappa shape index (κ1) is 8.62. The van der Waals surface area contributed by atoms with Crippen molar-refractivity contribution in [1.29, 1.82) is 0 Å². The Bertz CT molecular complexity index is 334. The van der Waals surface area contributed by atoms with Gasteiger partial charge in [0.05, 0.1) is 6.20 Å². The second-order valence-electron chi connectivity index (χ2n) is 2.72. The van der Waals surface area contributed by atoms with Crippen molar-refractivity contribution in [2.45, 2.75) is 6.54 Å². The quantitative estimate of drug-likeness (QED) is 0.782. The highest BCUT2D eigenvalue weighted by Gasteiger charge is 1.93. The van der Waals surface area contributed by atoms with Crippen LogP contribution < -0.4 is 5.32 Å². The van der Waals surface area contributed by atoms with E-state index in [4.69, 9.17) is 0 Å². The number of aromatic nitrogens is 3. The minimum atomic E-state index is 0.580. The molecule has 14 heavy (non-hydrogen) atoms. The number of hydrogen-bond donors (Lipinski definition) is 1. The molecule has 0 atom stereocenters. The molecule has 0 fully saturated rings. The first-order valence-electron chi connectivity index (χ1n) is 4.27. The van der Waals surface area contributed by atoms with Gasteiger partial charge in [0.15, 0.2) is 0 Å². The standard InChI is InChI=1S/C10H9N4/c1-3-9(7-11-4-1)8-14-10-12-5-2-6-13-10/h1-5,7H,8H2,(H,12,13,14). The number of anilines is 1. The lowest BCUT2D eigenvalue weighted by Gasteiger charge is -2.02. The Balaban J connectivity index is 1.96. The fourth-order valence-corrected chi connectivity index (χ4v) is 1.04. The van der Waals surface area contributed by atoms with Crippen LogP contribution in [-0.2, 0) is 6.54 Å². The average molecular weight is 185 g/mol. The van der Waals surface area contributed by atoms with Crippen LogP contribution >= 0.6 is 0 Å². The molecule has 0 saturated heterocycles. The SMILES string of the molecule is [c]1ccnc(NCc2cccnc2)n1. The van der Waals surface area contributed by atoms with Crippen LogP contribution in [0.25, 0.3) is 0 Å². The maximum atomic E-state index is 4.02. The van der Waals surface area contributed by atoms with Crippen LogP contribution in [-0.4, -0.2) is 15.0 Å². The molecule has 0 aliphatic heterocycles. The third kappa shape index (κ3) is 2.26. The fourth-order valence-electron chi connectivity index (χ4n) is 1.04. The van der Waals surface area contributed by atoms with Gasteiger partial charge in [-0.25, -0.2) is 9.97 Å². The van der Waals surface area contributed by atoms with E-state index in [1.165, 1.54) is 0 Å². The minimum absolute atomic E-state index is 0.580. The Morgan fingerprint density at radius 3 is 3.07 bits per heavy atom. The van der Waals surface area contributed by atoms with E-state index in [0.29, 0.717) is 12.5 Å². The highest BCUT2D eigenvalue weighted by atomic mass is 15.1. The monoisotopic (exact) mass is 185 g/mol. The van der Waals surface area contributed by atoms with Gasteiger partial charge in [-0.1, -0.05) is 6.07 Å². The van der Waals surface area contributed by atoms with E-state index in [2.05, 4.69) is 26.5 Å². The van der Waals surface area contributed by atoms with Crippen molar-refractivity contribution in [2.24, 2.45) is 0 Å². The molecule has 0 aromatic carbocycles. The van der Waals surface area contributed by atoms with Gasteiger partial charge in [0.25, 0.3) is 0 Å². The zero-order chi connectivity index (χ0) is 9.64. The van der Waals surface area contributed by atoms with Gasteiger partial charge in [-0.2, -0.15) is 0 Å². The summed E-state index contributed by atoms with van der Waals surface area (Å²) >= 11 is 0. The van der Waals surface area contributed by atoms with Crippen LogP contribution in [0.1, 0.15) is 5.56 Å². The molecule has 0 saturated carbocycles. The van der Waals surface area contributed by atoms with E-state index in [9.17, 15) is 0 Å². The second kappa shape index (κ2) is 4.32. The average Bonchev–Trinajstić information content (AvgIpc) is 2.29. The molecule has 2 heterocycles. The Morgan fingerprint density at radius 1 is 1.36 bits per heavy atom. The van der Waals surface area contributed by atoms with Crippen molar-refractivity contribution in [1.82, 2.24) is 15.0 Å². The molecular weight excluding hydrogens is 176 g/mol. The first-order chi connectivity index (χ1) is 6.95. The number of pyridine rings is 1. The molecule has 69 valence electrons. The summed E-state index contributed by atoms with van der Waals surface area (Å²) in [7, 11) is 0. The third-order valence-corrected chi connectivity index (χ3v) is 1.69. The summed E-state index contributed by atoms with van der Waals surface area (Å²) in [6.07, 6.45) is 7.91. The minimum Gasteiger partial charge on any atom is -0.350 e. The van der Waals surface area contributed by atoms with Crippen LogP contribution in [0.3, 0.4) is 0 Å². The first-order valence-corrected chi connectivity index (χ1v) is 4.27. The fraction of sp³-hybridized carbons (Fsp3) is 0.100. The zero-order valence-corrected chi connectivity index (χ0v) is 7.51. The van der Waals surface area contributed by atoms with E-state index in [-0.39, 0.29) is 0 Å². The molecule has 1 radical (unpaired) electrons. The van der Waals surface area contributed by atoms with Crippen molar-refractivity contribution < 1.29 is 0 Å². The molecule has 0 aliphatic rings. The van der Waals surface area contributed by atoms with Gasteiger partial charge < -0.3 is 5.32 Å². The largest absolute Gasteiger partial charge is 0.350 e. The summed E-state index contributed by atoms with van der Waals surface area (Å²) in [6.45, 7) is 0.672. The number of hydrogen-bond acceptors (Lipinski definition) is 4. The molecular formula is C10H9N4. The Labute approximate surface area is 82.1 Å². The van der Waals surface area contributed by atoms with E-state index in [0.717, 1.165) is 5.56 Å². The number of rotatable bonds is 3. The van der Waals surface area contributed by atoms with Crippen LogP contribution in [0.5, 0.6) is 0 Å². The van der Waals surface area contributed by atoms with Crippen LogP contribution in [0.4, 0.5) is 5.95 Å². The van der Waals surface area contributed by atoms with Crippen LogP contribution in [0, 0.1) is 6.20 Å². The van der Waals surface area contributed by atoms with E-state index >= 15 is 0 Å². The predicted octanol–water partition coefficient (Wildman–Crippen LogP) is 1.28. The van der Waals surface area contributed by atoms with Crippen molar-refractivity contribution >= 4 is 5.95 Å². The topological polar surface area (TPSA) is 50.7 Å². The highest BCUT2D eigenvalue weighted by Crippen LogP contribution is 2.00. The summed E-state index contributed by atoms with van der Waals surface area (Å²) < 4.78 is 0. The summed E-state index contributed by atoms with van der Waals surface area (Å²) in [5.74, 6) is 0.580. The van der Waals surface area contributed by atoms with E-state index < -0.39 is 0 Å². The Morgan fingerprint density at radius 2 is 2.36 bits per heavy atom. The normalized spacial score (nSPS) is 9.71. The molecule has 1 N–H and O–H groups in total. The van der Waals surface area contributed by atoms with Crippen LogP contribution in [0.15, 0.2) is 36.8 Å². The lowest BCUT2D eigenvalue weighted by molar-refractivity contribution is 1.04. The molecule has 0 spiro atoms. The van der Waals surface area contributed by atoms with Crippen molar-refractivity contribution in [2.75, 3.05) is 5.32 Å². The molecule has 4 heteroatoms. The third-order valence-electron chi connectivity index (χ3n) is 1.69. The van der Waals surface area contributed by atoms with Crippen molar-refractivity contribution in [3.8, 4) is 0 Å². The maximum absolute atomic E-state index is 4.02. The van der Waals surface area contributed by atoms with Gasteiger partial charge >= 0.3 is 0 Å². The molecule has 0 unspecified atom stereocenters. The zero-order valence-electron chi connectivity index (χ0n) is 7.51. The number of nitrogens with one attached hydrogen (secondary N) is 1. The maximum Gasteiger partial charge on any atom is 0.223 e. The second-order valence-corrected chi connectivity index (χ2v) is 2.72. The highest BCUT2D eigenvalue weighted by molar-refractivity contribution is 5.24. The van der Waals surface area contributed by atoms with Crippen molar-refractivity contribution in [3.05, 3.63) is 48.5 Å². The molecule has 2 aromatic heterocycles. The lowest BCUT2D eigenvalue weighted by Crippen LogP contribution is -2.02. The van der Waals surface area contributed by atoms with Gasteiger partial charge in [-0.05, 0) is 17.7 Å². The van der Waals surface area contributed by atoms with E-state index in [1.807, 2.05) is 12.1 Å². The van der Waals surface area contributed by atoms with Crippen molar-refractivity contribution in [3.63, 3.8) is 0 Å². The Hall–Kier alpha value is -1.97. The van der Waals surface area contributed by atoms with Gasteiger partial charge in [0.2, 0.25) is 5.95 Å². The molecule has 0 amide bonds. The lowest BCUT2D eigenvalue weighted by atomic mass is 10.3. The van der Waals surface area contributed by atoms with Gasteiger partial charge in [0, 0.05) is 25.1 Å². The number of nitrogens with zero attached hydrogens (tertiary/aromatic N) is 3. The summed E-state index contributed by atoms with van der Waals surface area (Å²) in [5.41, 5.74) is 1.10. The molecule has 4 nitrogen and oxygen atoms in total. The molecule has 2 aromatic rings. The van der Waals surface area contributed by atoms with Gasteiger partial charge in [0.1, 0.15) is 0 Å². The molecule has 0 aliphatic carbocycles. The van der Waals surface area contributed by atoms with Crippen LogP contribution in [0.2, 0.25) is 0 Å². The summed E-state index contributed by atoms with van der Waals surface area (Å²) in [6, 6.07) is 5.55. The summed E-state index contributed by atoms with van der Waals surface area (Å²) in [4.78, 5) is 12.0. The van der Waals surface area contributed by atoms with E-state index in [1.54, 1.807) is 24.7 Å². The predicted molar refractivity (Wildman–Crippen MR) is 52.4 cm³/mol. The molecule has 2 rings (SSSR count). The summed E-state index contributed by atoms with van der Waals surface area (Å²) in [5, 5.41) is 3.07.